The topological polar surface area (TPSA) is 66.8 Å². The minimum Gasteiger partial charge on any atom is -0.481 e. The van der Waals surface area contributed by atoms with Gasteiger partial charge in [0, 0.05) is 0 Å². The molecule has 1 atom stereocenters. The van der Waals surface area contributed by atoms with Gasteiger partial charge in [0.1, 0.15) is 0 Å². The van der Waals surface area contributed by atoms with Crippen LogP contribution in [0.5, 0.6) is 0 Å². The first-order chi connectivity index (χ1) is 5.33. The van der Waals surface area contributed by atoms with Crippen molar-refractivity contribution in [1.29, 1.82) is 0 Å². The Morgan fingerprint density at radius 1 is 1.58 bits per heavy atom. The average molecular weight is 176 g/mol. The summed E-state index contributed by atoms with van der Waals surface area (Å²) in [6.07, 6.45) is -0.287. The molecule has 0 radical (unpaired) electrons. The van der Waals surface area contributed by atoms with Crippen molar-refractivity contribution < 1.29 is 19.7 Å². The lowest BCUT2D eigenvalue weighted by Gasteiger charge is -2.22. The molecule has 0 heterocycles. The monoisotopic (exact) mass is 176 g/mol. The maximum absolute atomic E-state index is 10.2. The molecule has 0 aliphatic heterocycles. The third-order valence-corrected chi connectivity index (χ3v) is 1.26. The second-order valence-corrected chi connectivity index (χ2v) is 3.43. The smallest absolute Gasteiger partial charge is 0.306 e. The molecule has 0 aliphatic carbocycles. The summed E-state index contributed by atoms with van der Waals surface area (Å²) in [5.41, 5.74) is -1.27. The quantitative estimate of drug-likeness (QED) is 0.645. The van der Waals surface area contributed by atoms with Gasteiger partial charge >= 0.3 is 5.97 Å². The zero-order chi connectivity index (χ0) is 9.78. The molecule has 0 aromatic heterocycles. The maximum Gasteiger partial charge on any atom is 0.306 e. The highest BCUT2D eigenvalue weighted by molar-refractivity contribution is 5.68. The lowest BCUT2D eigenvalue weighted by atomic mass is 10.0. The van der Waals surface area contributed by atoms with Crippen molar-refractivity contribution in [2.24, 2.45) is 0 Å². The highest BCUT2D eigenvalue weighted by Gasteiger charge is 2.24. The van der Waals surface area contributed by atoms with Gasteiger partial charge in [0.15, 0.2) is 0 Å². The molecule has 0 aromatic rings. The number of hydrogen-bond acceptors (Lipinski definition) is 3. The van der Waals surface area contributed by atoms with Crippen molar-refractivity contribution in [3.8, 4) is 0 Å². The summed E-state index contributed by atoms with van der Waals surface area (Å²) in [5.74, 6) is -1.02. The van der Waals surface area contributed by atoms with Gasteiger partial charge in [-0.1, -0.05) is 0 Å². The van der Waals surface area contributed by atoms with E-state index < -0.39 is 11.6 Å². The van der Waals surface area contributed by atoms with E-state index in [4.69, 9.17) is 9.84 Å². The van der Waals surface area contributed by atoms with Gasteiger partial charge in [-0.15, -0.1) is 0 Å². The molecule has 4 heteroatoms. The second-order valence-electron chi connectivity index (χ2n) is 3.43. The fraction of sp³-hybridized carbons (Fsp3) is 0.875. The van der Waals surface area contributed by atoms with Crippen molar-refractivity contribution >= 4 is 5.97 Å². The van der Waals surface area contributed by atoms with Gasteiger partial charge in [0.05, 0.1) is 24.7 Å². The van der Waals surface area contributed by atoms with Crippen LogP contribution in [0.3, 0.4) is 0 Å². The Bertz CT molecular complexity index is 151. The lowest BCUT2D eigenvalue weighted by Crippen LogP contribution is -2.34. The number of rotatable bonds is 5. The Morgan fingerprint density at radius 3 is 2.42 bits per heavy atom. The van der Waals surface area contributed by atoms with Crippen LogP contribution in [0, 0.1) is 0 Å². The van der Waals surface area contributed by atoms with E-state index in [2.05, 4.69) is 0 Å². The molecule has 12 heavy (non-hydrogen) atoms. The summed E-state index contributed by atoms with van der Waals surface area (Å²) in [5, 5.41) is 17.8. The molecule has 0 aromatic carbocycles. The molecule has 72 valence electrons. The van der Waals surface area contributed by atoms with E-state index in [0.29, 0.717) is 0 Å². The molecular formula is C8H16O4. The van der Waals surface area contributed by atoms with E-state index >= 15 is 0 Å². The van der Waals surface area contributed by atoms with Gasteiger partial charge in [0.25, 0.3) is 0 Å². The molecule has 0 amide bonds. The van der Waals surface area contributed by atoms with Gasteiger partial charge in [-0.25, -0.2) is 0 Å². The van der Waals surface area contributed by atoms with Crippen molar-refractivity contribution in [3.63, 3.8) is 0 Å². The van der Waals surface area contributed by atoms with Crippen LogP contribution in [0.15, 0.2) is 0 Å². The molecule has 0 saturated carbocycles. The molecule has 1 unspecified atom stereocenters. The van der Waals surface area contributed by atoms with Crippen LogP contribution < -0.4 is 0 Å². The van der Waals surface area contributed by atoms with E-state index in [1.54, 1.807) is 0 Å². The summed E-state index contributed by atoms with van der Waals surface area (Å²) in [7, 11) is 0. The van der Waals surface area contributed by atoms with Crippen molar-refractivity contribution in [2.45, 2.75) is 38.9 Å². The summed E-state index contributed by atoms with van der Waals surface area (Å²) in [4.78, 5) is 10.2. The molecular weight excluding hydrogens is 160 g/mol. The van der Waals surface area contributed by atoms with Gasteiger partial charge in [-0.3, -0.25) is 4.79 Å². The normalized spacial score (nSPS) is 16.1. The number of hydrogen-bond donors (Lipinski definition) is 2. The zero-order valence-corrected chi connectivity index (χ0v) is 7.70. The van der Waals surface area contributed by atoms with E-state index in [1.165, 1.54) is 6.92 Å². The van der Waals surface area contributed by atoms with Crippen molar-refractivity contribution in [2.75, 3.05) is 6.61 Å². The van der Waals surface area contributed by atoms with Crippen LogP contribution in [0.2, 0.25) is 0 Å². The minimum atomic E-state index is -1.27. The van der Waals surface area contributed by atoms with Gasteiger partial charge < -0.3 is 14.9 Å². The fourth-order valence-corrected chi connectivity index (χ4v) is 0.723. The first kappa shape index (κ1) is 11.4. The predicted molar refractivity (Wildman–Crippen MR) is 44.0 cm³/mol. The molecule has 0 aliphatic rings. The maximum atomic E-state index is 10.2. The summed E-state index contributed by atoms with van der Waals surface area (Å²) >= 11 is 0. The van der Waals surface area contributed by atoms with Crippen LogP contribution in [0.1, 0.15) is 27.2 Å². The number of aliphatic hydroxyl groups is 1. The summed E-state index contributed by atoms with van der Waals surface area (Å²) in [6, 6.07) is 0. The number of carboxylic acids is 1. The number of aliphatic carboxylic acids is 1. The van der Waals surface area contributed by atoms with Crippen molar-refractivity contribution in [1.82, 2.24) is 0 Å². The molecule has 0 fully saturated rings. The Kier molecular flexibility index (Phi) is 4.20. The first-order valence-electron chi connectivity index (χ1n) is 3.89. The predicted octanol–water partition coefficient (Wildman–Crippen LogP) is 0.637. The first-order valence-corrected chi connectivity index (χ1v) is 3.89. The number of carboxylic acid groups (broad SMARTS) is 1. The summed E-state index contributed by atoms with van der Waals surface area (Å²) < 4.78 is 5.09. The molecule has 0 bridgehead atoms. The highest BCUT2D eigenvalue weighted by atomic mass is 16.5. The second kappa shape index (κ2) is 4.42. The Balaban J connectivity index is 3.78. The lowest BCUT2D eigenvalue weighted by molar-refractivity contribution is -0.145. The Labute approximate surface area is 72.2 Å². The van der Waals surface area contributed by atoms with Crippen LogP contribution in [0.25, 0.3) is 0 Å². The largest absolute Gasteiger partial charge is 0.481 e. The van der Waals surface area contributed by atoms with E-state index in [1.807, 2.05) is 13.8 Å². The molecule has 2 N–H and O–H groups in total. The van der Waals surface area contributed by atoms with Gasteiger partial charge in [-0.2, -0.15) is 0 Å². The van der Waals surface area contributed by atoms with E-state index in [9.17, 15) is 9.90 Å². The van der Waals surface area contributed by atoms with Crippen LogP contribution in [-0.4, -0.2) is 34.5 Å². The third kappa shape index (κ3) is 6.12. The molecule has 0 rings (SSSR count). The van der Waals surface area contributed by atoms with E-state index in [-0.39, 0.29) is 19.1 Å². The summed E-state index contributed by atoms with van der Waals surface area (Å²) in [6.45, 7) is 5.16. The van der Waals surface area contributed by atoms with Crippen molar-refractivity contribution in [3.05, 3.63) is 0 Å². The Morgan fingerprint density at radius 2 is 2.08 bits per heavy atom. The van der Waals surface area contributed by atoms with Gasteiger partial charge in [-0.05, 0) is 20.8 Å². The number of carbonyl (C=O) groups is 1. The standard InChI is InChI=1S/C8H16O4/c1-6(2)12-5-8(3,11)4-7(9)10/h6,11H,4-5H2,1-3H3,(H,9,10). The number of ether oxygens (including phenoxy) is 1. The third-order valence-electron chi connectivity index (χ3n) is 1.26. The van der Waals surface area contributed by atoms with Gasteiger partial charge in [0.2, 0.25) is 0 Å². The Hall–Kier alpha value is -0.610. The fourth-order valence-electron chi connectivity index (χ4n) is 0.723. The van der Waals surface area contributed by atoms with E-state index in [0.717, 1.165) is 0 Å². The highest BCUT2D eigenvalue weighted by Crippen LogP contribution is 2.10. The average Bonchev–Trinajstić information content (AvgIpc) is 1.81. The van der Waals surface area contributed by atoms with Crippen LogP contribution in [-0.2, 0) is 9.53 Å². The minimum absolute atomic E-state index is 0.00488. The SMILES string of the molecule is CC(C)OCC(C)(O)CC(=O)O. The van der Waals surface area contributed by atoms with Crippen LogP contribution >= 0.6 is 0 Å². The van der Waals surface area contributed by atoms with Crippen LogP contribution in [0.4, 0.5) is 0 Å². The molecule has 0 spiro atoms. The zero-order valence-electron chi connectivity index (χ0n) is 7.70. The molecule has 0 saturated heterocycles. The molecule has 4 nitrogen and oxygen atoms in total.